The third-order valence-corrected chi connectivity index (χ3v) is 8.08. The number of hydrogen-bond acceptors (Lipinski definition) is 3. The summed E-state index contributed by atoms with van der Waals surface area (Å²) in [6, 6.07) is 25.5. The van der Waals surface area contributed by atoms with Gasteiger partial charge in [0.05, 0.1) is 16.1 Å². The van der Waals surface area contributed by atoms with Gasteiger partial charge in [0.2, 0.25) is 0 Å². The molecule has 1 unspecified atom stereocenters. The molecular weight excluding hydrogens is 442 g/mol. The number of hydrogen-bond donors (Lipinski definition) is 1. The van der Waals surface area contributed by atoms with Gasteiger partial charge in [0.25, 0.3) is 10.0 Å². The van der Waals surface area contributed by atoms with Crippen LogP contribution in [-0.4, -0.2) is 17.5 Å². The first-order valence-corrected chi connectivity index (χ1v) is 13.6. The molecule has 0 saturated heterocycles. The summed E-state index contributed by atoms with van der Waals surface area (Å²) >= 11 is 0. The Kier molecular flexibility index (Phi) is 7.86. The van der Waals surface area contributed by atoms with Crippen molar-refractivity contribution in [2.24, 2.45) is 0 Å². The summed E-state index contributed by atoms with van der Waals surface area (Å²) < 4.78 is 29.1. The van der Waals surface area contributed by atoms with E-state index in [4.69, 9.17) is 0 Å². The van der Waals surface area contributed by atoms with Gasteiger partial charge < -0.3 is 5.11 Å². The maximum absolute atomic E-state index is 13.9. The first-order chi connectivity index (χ1) is 16.5. The molecule has 3 aromatic carbocycles. The van der Waals surface area contributed by atoms with Crippen LogP contribution in [0.3, 0.4) is 0 Å². The molecule has 4 aromatic rings. The first-order valence-electron chi connectivity index (χ1n) is 12.2. The summed E-state index contributed by atoms with van der Waals surface area (Å²) in [7, 11) is -3.91. The Morgan fingerprint density at radius 3 is 2.29 bits per heavy atom. The van der Waals surface area contributed by atoms with Crippen LogP contribution in [0.4, 0.5) is 0 Å². The van der Waals surface area contributed by atoms with Crippen molar-refractivity contribution in [3.8, 4) is 0 Å². The minimum Gasteiger partial charge on any atom is -0.382 e. The van der Waals surface area contributed by atoms with Crippen molar-refractivity contribution in [2.45, 2.75) is 62.9 Å². The minimum absolute atomic E-state index is 0.249. The number of aliphatic hydroxyl groups is 1. The van der Waals surface area contributed by atoms with E-state index in [1.54, 1.807) is 36.4 Å². The number of benzene rings is 3. The average molecular weight is 476 g/mol. The summed E-state index contributed by atoms with van der Waals surface area (Å²) in [4.78, 5) is 0.249. The molecule has 0 saturated carbocycles. The van der Waals surface area contributed by atoms with Gasteiger partial charge in [0, 0.05) is 5.39 Å². The summed E-state index contributed by atoms with van der Waals surface area (Å²) in [6.45, 7) is 2.21. The molecular formula is C29H33NO3S. The molecule has 0 fully saturated rings. The Morgan fingerprint density at radius 1 is 0.794 bits per heavy atom. The van der Waals surface area contributed by atoms with Crippen LogP contribution in [0.25, 0.3) is 10.9 Å². The number of aliphatic hydroxyl groups excluding tert-OH is 1. The van der Waals surface area contributed by atoms with Gasteiger partial charge in [-0.15, -0.1) is 0 Å². The summed E-state index contributed by atoms with van der Waals surface area (Å²) in [5, 5.41) is 11.9. The van der Waals surface area contributed by atoms with Crippen molar-refractivity contribution in [3.63, 3.8) is 0 Å². The van der Waals surface area contributed by atoms with E-state index < -0.39 is 16.1 Å². The highest BCUT2D eigenvalue weighted by molar-refractivity contribution is 7.90. The molecule has 0 aliphatic rings. The number of aromatic nitrogens is 1. The normalized spacial score (nSPS) is 12.8. The molecule has 5 heteroatoms. The maximum atomic E-state index is 13.9. The van der Waals surface area contributed by atoms with E-state index in [-0.39, 0.29) is 4.90 Å². The molecule has 0 aliphatic carbocycles. The van der Waals surface area contributed by atoms with Gasteiger partial charge in [-0.1, -0.05) is 99.7 Å². The van der Waals surface area contributed by atoms with Gasteiger partial charge in [-0.25, -0.2) is 12.4 Å². The van der Waals surface area contributed by atoms with Crippen molar-refractivity contribution in [1.82, 2.24) is 3.97 Å². The zero-order valence-electron chi connectivity index (χ0n) is 19.7. The molecule has 1 N–H and O–H groups in total. The lowest BCUT2D eigenvalue weighted by Crippen LogP contribution is -2.18. The Bertz CT molecular complexity index is 1330. The number of para-hydroxylation sites is 1. The van der Waals surface area contributed by atoms with Crippen molar-refractivity contribution >= 4 is 20.9 Å². The highest BCUT2D eigenvalue weighted by Gasteiger charge is 2.27. The van der Waals surface area contributed by atoms with Gasteiger partial charge in [-0.3, -0.25) is 0 Å². The second kappa shape index (κ2) is 11.0. The van der Waals surface area contributed by atoms with E-state index in [2.05, 4.69) is 6.92 Å². The van der Waals surface area contributed by atoms with Gasteiger partial charge in [-0.05, 0) is 48.2 Å². The summed E-state index contributed by atoms with van der Waals surface area (Å²) in [6.07, 6.45) is 7.01. The van der Waals surface area contributed by atoms with Crippen LogP contribution in [0.15, 0.2) is 89.8 Å². The van der Waals surface area contributed by atoms with Crippen LogP contribution >= 0.6 is 0 Å². The third kappa shape index (κ3) is 5.26. The predicted octanol–water partition coefficient (Wildman–Crippen LogP) is 6.86. The molecule has 0 spiro atoms. The summed E-state index contributed by atoms with van der Waals surface area (Å²) in [5.74, 6) is 0. The minimum atomic E-state index is -3.91. The van der Waals surface area contributed by atoms with Crippen LogP contribution < -0.4 is 0 Å². The Hall–Kier alpha value is -2.89. The molecule has 34 heavy (non-hydrogen) atoms. The van der Waals surface area contributed by atoms with Crippen molar-refractivity contribution in [2.75, 3.05) is 0 Å². The van der Waals surface area contributed by atoms with Crippen LogP contribution in [0.5, 0.6) is 0 Å². The van der Waals surface area contributed by atoms with E-state index in [0.717, 1.165) is 30.2 Å². The molecule has 4 rings (SSSR count). The molecule has 0 aliphatic heterocycles. The number of aryl methyl sites for hydroxylation is 1. The number of fused-ring (bicyclic) bond motifs is 1. The number of unbranched alkanes of at least 4 members (excludes halogenated alkanes) is 5. The second-order valence-corrected chi connectivity index (χ2v) is 10.7. The largest absolute Gasteiger partial charge is 0.382 e. The molecule has 0 radical (unpaired) electrons. The molecule has 1 heterocycles. The van der Waals surface area contributed by atoms with E-state index in [1.165, 1.54) is 29.7 Å². The van der Waals surface area contributed by atoms with Crippen LogP contribution in [0.1, 0.15) is 68.4 Å². The molecule has 178 valence electrons. The van der Waals surface area contributed by atoms with Crippen molar-refractivity contribution in [3.05, 3.63) is 102 Å². The number of nitrogens with zero attached hydrogens (tertiary/aromatic N) is 1. The monoisotopic (exact) mass is 475 g/mol. The average Bonchev–Trinajstić information content (AvgIpc) is 3.27. The zero-order valence-corrected chi connectivity index (χ0v) is 20.5. The fourth-order valence-electron chi connectivity index (χ4n) is 4.49. The fraction of sp³-hybridized carbons (Fsp3) is 0.310. The van der Waals surface area contributed by atoms with Gasteiger partial charge in [0.15, 0.2) is 0 Å². The smallest absolute Gasteiger partial charge is 0.268 e. The second-order valence-electron chi connectivity index (χ2n) is 8.88. The van der Waals surface area contributed by atoms with Gasteiger partial charge in [0.1, 0.15) is 6.10 Å². The lowest BCUT2D eigenvalue weighted by molar-refractivity contribution is 0.214. The number of rotatable bonds is 11. The van der Waals surface area contributed by atoms with Gasteiger partial charge >= 0.3 is 0 Å². The van der Waals surface area contributed by atoms with E-state index in [0.29, 0.717) is 16.8 Å². The van der Waals surface area contributed by atoms with E-state index in [1.807, 2.05) is 48.5 Å². The zero-order chi connectivity index (χ0) is 24.0. The van der Waals surface area contributed by atoms with Crippen LogP contribution in [-0.2, 0) is 16.4 Å². The van der Waals surface area contributed by atoms with Crippen LogP contribution in [0.2, 0.25) is 0 Å². The SMILES string of the molecule is CCCCCCCCc1cccc(S(=O)(=O)n2c(C(O)c3ccccc3)cc3ccccc32)c1. The quantitative estimate of drug-likeness (QED) is 0.241. The van der Waals surface area contributed by atoms with E-state index in [9.17, 15) is 13.5 Å². The van der Waals surface area contributed by atoms with Crippen molar-refractivity contribution < 1.29 is 13.5 Å². The Balaban J connectivity index is 1.67. The highest BCUT2D eigenvalue weighted by atomic mass is 32.2. The fourth-order valence-corrected chi connectivity index (χ4v) is 6.11. The molecule has 4 nitrogen and oxygen atoms in total. The molecule has 0 amide bonds. The molecule has 1 atom stereocenters. The lowest BCUT2D eigenvalue weighted by Gasteiger charge is -2.17. The maximum Gasteiger partial charge on any atom is 0.268 e. The van der Waals surface area contributed by atoms with E-state index >= 15 is 0 Å². The summed E-state index contributed by atoms with van der Waals surface area (Å²) in [5.41, 5.74) is 2.58. The molecule has 1 aromatic heterocycles. The lowest BCUT2D eigenvalue weighted by atomic mass is 10.1. The van der Waals surface area contributed by atoms with Crippen LogP contribution in [0, 0.1) is 0 Å². The first kappa shape index (κ1) is 24.2. The van der Waals surface area contributed by atoms with Crippen molar-refractivity contribution in [1.29, 1.82) is 0 Å². The Morgan fingerprint density at radius 2 is 1.50 bits per heavy atom. The van der Waals surface area contributed by atoms with Gasteiger partial charge in [-0.2, -0.15) is 0 Å². The molecule has 0 bridgehead atoms. The third-order valence-electron chi connectivity index (χ3n) is 6.34. The Labute approximate surface area is 202 Å². The topological polar surface area (TPSA) is 59.3 Å². The highest BCUT2D eigenvalue weighted by Crippen LogP contribution is 2.32. The standard InChI is InChI=1S/C29H33NO3S/c1-2-3-4-5-6-8-14-23-15-13-19-26(21-23)34(32,33)30-27-20-12-11-18-25(27)22-28(30)29(31)24-16-9-7-10-17-24/h7,9-13,15-22,29,31H,2-6,8,14H2,1H3. The predicted molar refractivity (Wildman–Crippen MR) is 139 cm³/mol.